The molecule has 4 nitrogen and oxygen atoms in total. The van der Waals surface area contributed by atoms with Gasteiger partial charge in [-0.2, -0.15) is 0 Å². The minimum atomic E-state index is -0.912. The van der Waals surface area contributed by atoms with Crippen LogP contribution in [0, 0.1) is 0 Å². The van der Waals surface area contributed by atoms with Gasteiger partial charge in [-0.1, -0.05) is 0 Å². The third-order valence-corrected chi connectivity index (χ3v) is 2.43. The average molecular weight is 228 g/mol. The molecule has 2 N–H and O–H groups in total. The van der Waals surface area contributed by atoms with Crippen molar-refractivity contribution in [1.82, 2.24) is 9.97 Å². The molecule has 0 aliphatic carbocycles. The predicted octanol–water partition coefficient (Wildman–Crippen LogP) is 2.56. The van der Waals surface area contributed by atoms with E-state index in [0.717, 1.165) is 16.8 Å². The lowest BCUT2D eigenvalue weighted by atomic mass is 10.1. The monoisotopic (exact) mass is 228 g/mol. The molecule has 0 radical (unpaired) electrons. The van der Waals surface area contributed by atoms with E-state index in [1.54, 1.807) is 25.4 Å². The number of carbonyl (C=O) groups is 1. The topological polar surface area (TPSA) is 66.0 Å². The molecule has 4 heteroatoms. The molecule has 0 unspecified atom stereocenters. The van der Waals surface area contributed by atoms with Crippen molar-refractivity contribution in [3.63, 3.8) is 0 Å². The highest BCUT2D eigenvalue weighted by Gasteiger charge is 2.03. The predicted molar refractivity (Wildman–Crippen MR) is 65.3 cm³/mol. The summed E-state index contributed by atoms with van der Waals surface area (Å²) in [6.07, 6.45) is 6.89. The fraction of sp³-hybridized carbons (Fsp3) is 0.0769. The van der Waals surface area contributed by atoms with Gasteiger partial charge in [-0.05, 0) is 42.3 Å². The fourth-order valence-corrected chi connectivity index (χ4v) is 1.50. The van der Waals surface area contributed by atoms with Gasteiger partial charge < -0.3 is 10.1 Å². The van der Waals surface area contributed by atoms with Crippen LogP contribution in [0.3, 0.4) is 0 Å². The maximum absolute atomic E-state index is 10.7. The Morgan fingerprint density at radius 3 is 2.71 bits per heavy atom. The van der Waals surface area contributed by atoms with Crippen molar-refractivity contribution in [1.29, 1.82) is 0 Å². The van der Waals surface area contributed by atoms with Crippen molar-refractivity contribution in [2.24, 2.45) is 0 Å². The van der Waals surface area contributed by atoms with Gasteiger partial charge in [0.25, 0.3) is 0 Å². The zero-order valence-electron chi connectivity index (χ0n) is 9.34. The molecule has 0 aliphatic heterocycles. The highest BCUT2D eigenvalue weighted by Crippen LogP contribution is 2.20. The van der Waals surface area contributed by atoms with Gasteiger partial charge in [-0.25, -0.2) is 4.79 Å². The molecule has 2 rings (SSSR count). The smallest absolute Gasteiger partial charge is 0.331 e. The number of aromatic amines is 1. The quantitative estimate of drug-likeness (QED) is 0.793. The molecule has 0 bridgehead atoms. The Balaban J connectivity index is 2.29. The number of carboxylic acid groups (broad SMARTS) is 1. The molecule has 0 saturated heterocycles. The van der Waals surface area contributed by atoms with Gasteiger partial charge >= 0.3 is 5.97 Å². The number of nitrogens with zero attached hydrogens (tertiary/aromatic N) is 1. The highest BCUT2D eigenvalue weighted by atomic mass is 16.4. The van der Waals surface area contributed by atoms with E-state index in [-0.39, 0.29) is 0 Å². The van der Waals surface area contributed by atoms with Gasteiger partial charge in [-0.15, -0.1) is 0 Å². The Hall–Kier alpha value is -2.36. The molecule has 0 atom stereocenters. The number of pyridine rings is 1. The van der Waals surface area contributed by atoms with Gasteiger partial charge in [0.05, 0.1) is 0 Å². The van der Waals surface area contributed by atoms with Gasteiger partial charge in [0.2, 0.25) is 0 Å². The number of H-pyrrole nitrogens is 1. The summed E-state index contributed by atoms with van der Waals surface area (Å²) in [6.45, 7) is 1.56. The molecule has 0 fully saturated rings. The van der Waals surface area contributed by atoms with E-state index in [1.807, 2.05) is 24.4 Å². The zero-order valence-corrected chi connectivity index (χ0v) is 9.34. The van der Waals surface area contributed by atoms with Gasteiger partial charge in [0.15, 0.2) is 0 Å². The SMILES string of the molecule is C/C(=C\c1cc(-c2ccncc2)c[nH]1)C(=O)O. The van der Waals surface area contributed by atoms with Crippen LogP contribution in [0.4, 0.5) is 0 Å². The Kier molecular flexibility index (Phi) is 3.05. The molecule has 17 heavy (non-hydrogen) atoms. The molecule has 0 aliphatic rings. The van der Waals surface area contributed by atoms with Crippen molar-refractivity contribution in [3.05, 3.63) is 48.1 Å². The molecular weight excluding hydrogens is 216 g/mol. The van der Waals surface area contributed by atoms with E-state index in [2.05, 4.69) is 9.97 Å². The molecule has 0 spiro atoms. The van der Waals surface area contributed by atoms with Crippen LogP contribution in [-0.4, -0.2) is 21.0 Å². The first-order chi connectivity index (χ1) is 8.16. The van der Waals surface area contributed by atoms with Gasteiger partial charge in [0, 0.05) is 29.9 Å². The van der Waals surface area contributed by atoms with Gasteiger partial charge in [-0.3, -0.25) is 4.98 Å². The number of nitrogens with one attached hydrogen (secondary N) is 1. The maximum Gasteiger partial charge on any atom is 0.331 e. The van der Waals surface area contributed by atoms with Crippen LogP contribution in [0.1, 0.15) is 12.6 Å². The second-order valence-corrected chi connectivity index (χ2v) is 3.71. The number of aliphatic carboxylic acids is 1. The van der Waals surface area contributed by atoms with Crippen molar-refractivity contribution in [2.45, 2.75) is 6.92 Å². The Labute approximate surface area is 98.6 Å². The Morgan fingerprint density at radius 1 is 1.35 bits per heavy atom. The molecule has 86 valence electrons. The standard InChI is InChI=1S/C13H12N2O2/c1-9(13(16)17)6-12-7-11(8-15-12)10-2-4-14-5-3-10/h2-8,15H,1H3,(H,16,17)/b9-6+. The summed E-state index contributed by atoms with van der Waals surface area (Å²) in [5, 5.41) is 8.78. The lowest BCUT2D eigenvalue weighted by Crippen LogP contribution is -1.95. The third-order valence-electron chi connectivity index (χ3n) is 2.43. The first-order valence-electron chi connectivity index (χ1n) is 5.17. The van der Waals surface area contributed by atoms with Crippen molar-refractivity contribution < 1.29 is 9.90 Å². The van der Waals surface area contributed by atoms with Crippen LogP contribution in [0.5, 0.6) is 0 Å². The molecule has 2 heterocycles. The summed E-state index contributed by atoms with van der Waals surface area (Å²) in [6, 6.07) is 5.71. The molecule has 0 saturated carbocycles. The number of hydrogen-bond donors (Lipinski definition) is 2. The lowest BCUT2D eigenvalue weighted by Gasteiger charge is -1.94. The average Bonchev–Trinajstić information content (AvgIpc) is 2.78. The van der Waals surface area contributed by atoms with E-state index in [9.17, 15) is 4.79 Å². The number of rotatable bonds is 3. The number of aromatic nitrogens is 2. The fourth-order valence-electron chi connectivity index (χ4n) is 1.50. The van der Waals surface area contributed by atoms with Crippen LogP contribution in [0.2, 0.25) is 0 Å². The van der Waals surface area contributed by atoms with Crippen LogP contribution >= 0.6 is 0 Å². The molecule has 2 aromatic heterocycles. The van der Waals surface area contributed by atoms with E-state index >= 15 is 0 Å². The number of hydrogen-bond acceptors (Lipinski definition) is 2. The van der Waals surface area contributed by atoms with E-state index in [0.29, 0.717) is 5.57 Å². The first-order valence-corrected chi connectivity index (χ1v) is 5.17. The van der Waals surface area contributed by atoms with E-state index in [1.165, 1.54) is 0 Å². The molecule has 0 aromatic carbocycles. The van der Waals surface area contributed by atoms with Crippen LogP contribution in [0.15, 0.2) is 42.4 Å². The third kappa shape index (κ3) is 2.60. The van der Waals surface area contributed by atoms with Crippen molar-refractivity contribution >= 4 is 12.0 Å². The van der Waals surface area contributed by atoms with E-state index in [4.69, 9.17) is 5.11 Å². The Bertz CT molecular complexity index is 556. The van der Waals surface area contributed by atoms with Crippen molar-refractivity contribution in [3.8, 4) is 11.1 Å². The summed E-state index contributed by atoms with van der Waals surface area (Å²) in [5.41, 5.74) is 3.13. The molecule has 0 amide bonds. The summed E-state index contributed by atoms with van der Waals surface area (Å²) in [7, 11) is 0. The highest BCUT2D eigenvalue weighted by molar-refractivity contribution is 5.91. The minimum Gasteiger partial charge on any atom is -0.478 e. The number of carboxylic acids is 1. The summed E-state index contributed by atoms with van der Waals surface area (Å²) < 4.78 is 0. The van der Waals surface area contributed by atoms with E-state index < -0.39 is 5.97 Å². The minimum absolute atomic E-state index is 0.299. The summed E-state index contributed by atoms with van der Waals surface area (Å²) in [5.74, 6) is -0.912. The molecular formula is C13H12N2O2. The second-order valence-electron chi connectivity index (χ2n) is 3.71. The summed E-state index contributed by atoms with van der Waals surface area (Å²) >= 11 is 0. The van der Waals surface area contributed by atoms with Crippen LogP contribution in [-0.2, 0) is 4.79 Å². The van der Waals surface area contributed by atoms with Crippen LogP contribution < -0.4 is 0 Å². The first kappa shape index (κ1) is 11.1. The normalized spacial score (nSPS) is 11.5. The Morgan fingerprint density at radius 2 is 2.06 bits per heavy atom. The van der Waals surface area contributed by atoms with Gasteiger partial charge in [0.1, 0.15) is 0 Å². The largest absolute Gasteiger partial charge is 0.478 e. The maximum atomic E-state index is 10.7. The zero-order chi connectivity index (χ0) is 12.3. The van der Waals surface area contributed by atoms with Crippen molar-refractivity contribution in [2.75, 3.05) is 0 Å². The second kappa shape index (κ2) is 4.65. The summed E-state index contributed by atoms with van der Waals surface area (Å²) in [4.78, 5) is 17.7. The molecule has 2 aromatic rings. The lowest BCUT2D eigenvalue weighted by molar-refractivity contribution is -0.132. The van der Waals surface area contributed by atoms with Crippen LogP contribution in [0.25, 0.3) is 17.2 Å².